The summed E-state index contributed by atoms with van der Waals surface area (Å²) < 4.78 is 11.2. The highest BCUT2D eigenvalue weighted by atomic mass is 31.1. The second-order valence-corrected chi connectivity index (χ2v) is 4.99. The van der Waals surface area contributed by atoms with Gasteiger partial charge in [-0.05, 0) is 10.6 Å². The van der Waals surface area contributed by atoms with Gasteiger partial charge in [-0.3, -0.25) is 0 Å². The van der Waals surface area contributed by atoms with E-state index in [0.717, 1.165) is 0 Å². The molecule has 1 atom stereocenters. The van der Waals surface area contributed by atoms with E-state index in [1.165, 1.54) is 0 Å². The van der Waals surface area contributed by atoms with Crippen molar-refractivity contribution in [3.63, 3.8) is 0 Å². The summed E-state index contributed by atoms with van der Waals surface area (Å²) in [4.78, 5) is 9.24. The summed E-state index contributed by atoms with van der Waals surface area (Å²) >= 11 is 0. The Hall–Kier alpha value is -0.200. The van der Waals surface area contributed by atoms with E-state index >= 15 is 0 Å². The van der Waals surface area contributed by atoms with Crippen LogP contribution in [0.5, 0.6) is 0 Å². The molecular formula is C9H18O2P+. The topological polar surface area (TPSA) is 37.3 Å². The summed E-state index contributed by atoms with van der Waals surface area (Å²) in [5, 5.41) is -0.630. The van der Waals surface area contributed by atoms with Crippen molar-refractivity contribution < 1.29 is 9.46 Å². The van der Waals surface area contributed by atoms with Crippen molar-refractivity contribution in [3.8, 4) is 0 Å². The maximum absolute atomic E-state index is 11.2. The van der Waals surface area contributed by atoms with E-state index in [-0.39, 0.29) is 11.8 Å². The van der Waals surface area contributed by atoms with E-state index in [0.29, 0.717) is 0 Å². The highest BCUT2D eigenvalue weighted by Crippen LogP contribution is 2.47. The number of hydrogen-bond donors (Lipinski definition) is 1. The molecule has 0 aromatic rings. The molecule has 0 saturated carbocycles. The van der Waals surface area contributed by atoms with Crippen LogP contribution in [0.1, 0.15) is 27.7 Å². The summed E-state index contributed by atoms with van der Waals surface area (Å²) in [6.45, 7) is 11.5. The van der Waals surface area contributed by atoms with Crippen molar-refractivity contribution in [2.75, 3.05) is 0 Å². The van der Waals surface area contributed by atoms with Crippen molar-refractivity contribution in [3.05, 3.63) is 12.7 Å². The third kappa shape index (κ3) is 1.75. The average molecular weight is 189 g/mol. The molecule has 70 valence electrons. The molecule has 1 unspecified atom stereocenters. The van der Waals surface area contributed by atoms with Gasteiger partial charge in [0.2, 0.25) is 5.16 Å². The molecule has 0 spiro atoms. The van der Waals surface area contributed by atoms with Gasteiger partial charge in [-0.2, -0.15) is 4.89 Å². The van der Waals surface area contributed by atoms with Crippen LogP contribution >= 0.6 is 8.03 Å². The number of allylic oxidation sites excluding steroid dienone is 1. The molecule has 0 rings (SSSR count). The Kier molecular flexibility index (Phi) is 4.09. The van der Waals surface area contributed by atoms with Crippen molar-refractivity contribution in [2.45, 2.75) is 32.9 Å². The zero-order valence-corrected chi connectivity index (χ0v) is 9.14. The van der Waals surface area contributed by atoms with Gasteiger partial charge in [0.1, 0.15) is 0 Å². The Labute approximate surface area is 75.6 Å². The van der Waals surface area contributed by atoms with Crippen LogP contribution in [0.2, 0.25) is 0 Å². The van der Waals surface area contributed by atoms with Gasteiger partial charge >= 0.3 is 8.03 Å². The van der Waals surface area contributed by atoms with Crippen LogP contribution in [0.15, 0.2) is 12.7 Å². The molecule has 0 aromatic heterocycles. The Bertz CT molecular complexity index is 177. The minimum Gasteiger partial charge on any atom is -0.160 e. The van der Waals surface area contributed by atoms with Gasteiger partial charge < -0.3 is 0 Å². The van der Waals surface area contributed by atoms with E-state index in [1.807, 2.05) is 27.7 Å². The lowest BCUT2D eigenvalue weighted by Crippen LogP contribution is -2.34. The second kappa shape index (κ2) is 4.15. The third-order valence-electron chi connectivity index (χ3n) is 2.51. The molecule has 0 amide bonds. The highest BCUT2D eigenvalue weighted by molar-refractivity contribution is 7.40. The monoisotopic (exact) mass is 189 g/mol. The summed E-state index contributed by atoms with van der Waals surface area (Å²) in [6.07, 6.45) is 1.63. The first-order chi connectivity index (χ1) is 5.39. The molecule has 0 fully saturated rings. The first kappa shape index (κ1) is 11.8. The third-order valence-corrected chi connectivity index (χ3v) is 4.39. The molecule has 0 aliphatic rings. The summed E-state index contributed by atoms with van der Waals surface area (Å²) in [7, 11) is -2.20. The predicted molar refractivity (Wildman–Crippen MR) is 52.4 cm³/mol. The Morgan fingerprint density at radius 2 is 1.67 bits per heavy atom. The molecule has 0 aliphatic heterocycles. The lowest BCUT2D eigenvalue weighted by Gasteiger charge is -2.25. The molecule has 3 heteroatoms. The summed E-state index contributed by atoms with van der Waals surface area (Å²) in [5.41, 5.74) is 0. The second-order valence-electron chi connectivity index (χ2n) is 3.67. The van der Waals surface area contributed by atoms with Crippen molar-refractivity contribution in [2.24, 2.45) is 11.8 Å². The summed E-state index contributed by atoms with van der Waals surface area (Å²) in [5.74, 6) is 0.284. The quantitative estimate of drug-likeness (QED) is 0.545. The number of hydrogen-bond acceptors (Lipinski definition) is 1. The lowest BCUT2D eigenvalue weighted by molar-refractivity contribution is 0.347. The van der Waals surface area contributed by atoms with Crippen LogP contribution in [-0.2, 0) is 4.57 Å². The molecule has 0 radical (unpaired) electrons. The first-order valence-corrected chi connectivity index (χ1v) is 5.40. The van der Waals surface area contributed by atoms with Crippen LogP contribution in [-0.4, -0.2) is 10.0 Å². The standard InChI is InChI=1S/C9H17O2P/c1-6-9(7(2)3,8(4)5)12(10)11/h6-8H,1H2,2-5H3/p+1. The van der Waals surface area contributed by atoms with Gasteiger partial charge in [0.25, 0.3) is 0 Å². The van der Waals surface area contributed by atoms with Crippen LogP contribution in [0, 0.1) is 11.8 Å². The molecule has 12 heavy (non-hydrogen) atoms. The summed E-state index contributed by atoms with van der Waals surface area (Å²) in [6, 6.07) is 0. The fraction of sp³-hybridized carbons (Fsp3) is 0.778. The van der Waals surface area contributed by atoms with E-state index in [1.54, 1.807) is 6.08 Å². The lowest BCUT2D eigenvalue weighted by atomic mass is 9.84. The minimum atomic E-state index is -2.20. The first-order valence-electron chi connectivity index (χ1n) is 4.19. The fourth-order valence-corrected chi connectivity index (χ4v) is 2.70. The van der Waals surface area contributed by atoms with Crippen molar-refractivity contribution in [1.29, 1.82) is 0 Å². The molecule has 2 nitrogen and oxygen atoms in total. The van der Waals surface area contributed by atoms with E-state index in [2.05, 4.69) is 6.58 Å². The molecule has 1 N–H and O–H groups in total. The molecule has 0 heterocycles. The van der Waals surface area contributed by atoms with E-state index in [9.17, 15) is 9.46 Å². The maximum atomic E-state index is 11.2. The van der Waals surface area contributed by atoms with Crippen LogP contribution < -0.4 is 0 Å². The zero-order valence-electron chi connectivity index (χ0n) is 8.24. The van der Waals surface area contributed by atoms with Gasteiger partial charge in [-0.25, -0.2) is 0 Å². The smallest absolute Gasteiger partial charge is 0.160 e. The van der Waals surface area contributed by atoms with Crippen molar-refractivity contribution in [1.82, 2.24) is 0 Å². The van der Waals surface area contributed by atoms with Crippen LogP contribution in [0.4, 0.5) is 0 Å². The Morgan fingerprint density at radius 3 is 1.67 bits per heavy atom. The average Bonchev–Trinajstić information content (AvgIpc) is 1.86. The Morgan fingerprint density at radius 1 is 1.33 bits per heavy atom. The highest BCUT2D eigenvalue weighted by Gasteiger charge is 2.51. The van der Waals surface area contributed by atoms with Crippen LogP contribution in [0.3, 0.4) is 0 Å². The number of rotatable bonds is 4. The minimum absolute atomic E-state index is 0.142. The van der Waals surface area contributed by atoms with Gasteiger partial charge in [0.05, 0.1) is 0 Å². The molecule has 0 aliphatic carbocycles. The normalized spacial score (nSPS) is 13.8. The molecular weight excluding hydrogens is 171 g/mol. The van der Waals surface area contributed by atoms with Gasteiger partial charge in [0, 0.05) is 11.8 Å². The maximum Gasteiger partial charge on any atom is 0.516 e. The largest absolute Gasteiger partial charge is 0.516 e. The van der Waals surface area contributed by atoms with E-state index < -0.39 is 13.2 Å². The zero-order chi connectivity index (χ0) is 9.94. The van der Waals surface area contributed by atoms with Gasteiger partial charge in [0.15, 0.2) is 0 Å². The van der Waals surface area contributed by atoms with Crippen molar-refractivity contribution >= 4 is 8.03 Å². The van der Waals surface area contributed by atoms with Crippen LogP contribution in [0.25, 0.3) is 0 Å². The Balaban J connectivity index is 5.03. The van der Waals surface area contributed by atoms with E-state index in [4.69, 9.17) is 0 Å². The molecule has 0 bridgehead atoms. The fourth-order valence-electron chi connectivity index (χ4n) is 1.66. The van der Waals surface area contributed by atoms with Gasteiger partial charge in [-0.15, -0.1) is 0 Å². The van der Waals surface area contributed by atoms with Gasteiger partial charge in [-0.1, -0.05) is 34.3 Å². The molecule has 0 saturated heterocycles. The molecule has 0 aromatic carbocycles. The SMILES string of the molecule is C=CC(C(C)C)(C(C)C)[P+](=O)O. The predicted octanol–water partition coefficient (Wildman–Crippen LogP) is 2.96.